The number of aliphatic imine (C=N–C) groups is 2. The first-order chi connectivity index (χ1) is 11.5. The zero-order valence-corrected chi connectivity index (χ0v) is 16.0. The molecule has 1 rings (SSSR count). The van der Waals surface area contributed by atoms with E-state index in [1.165, 1.54) is 36.8 Å². The molecule has 0 radical (unpaired) electrons. The van der Waals surface area contributed by atoms with Crippen LogP contribution in [0, 0.1) is 13.8 Å². The molecule has 24 heavy (non-hydrogen) atoms. The summed E-state index contributed by atoms with van der Waals surface area (Å²) in [4.78, 5) is 8.83. The molecule has 132 valence electrons. The lowest BCUT2D eigenvalue weighted by molar-refractivity contribution is 0.452. The van der Waals surface area contributed by atoms with Crippen molar-refractivity contribution in [2.24, 2.45) is 9.98 Å². The van der Waals surface area contributed by atoms with Crippen molar-refractivity contribution in [2.45, 2.75) is 66.3 Å². The van der Waals surface area contributed by atoms with Gasteiger partial charge in [0.15, 0.2) is 0 Å². The number of nitrogens with one attached hydrogen (secondary N) is 1. The van der Waals surface area contributed by atoms with Crippen LogP contribution in [-0.4, -0.2) is 25.1 Å². The first kappa shape index (κ1) is 20.3. The molecule has 0 saturated heterocycles. The quantitative estimate of drug-likeness (QED) is 0.588. The molecular formula is C21H33N3. The van der Waals surface area contributed by atoms with Crippen molar-refractivity contribution in [2.75, 3.05) is 6.67 Å². The van der Waals surface area contributed by atoms with E-state index >= 15 is 0 Å². The molecular weight excluding hydrogens is 294 g/mol. The van der Waals surface area contributed by atoms with Crippen molar-refractivity contribution in [3.05, 3.63) is 46.7 Å². The van der Waals surface area contributed by atoms with Gasteiger partial charge in [0, 0.05) is 17.3 Å². The summed E-state index contributed by atoms with van der Waals surface area (Å²) >= 11 is 0. The van der Waals surface area contributed by atoms with Crippen LogP contribution in [0.3, 0.4) is 0 Å². The number of allylic oxidation sites excluding steroid dienone is 2. The second-order valence-corrected chi connectivity index (χ2v) is 6.44. The van der Waals surface area contributed by atoms with Crippen LogP contribution < -0.4 is 5.32 Å². The summed E-state index contributed by atoms with van der Waals surface area (Å²) in [5.74, 6) is 0. The van der Waals surface area contributed by atoms with E-state index in [9.17, 15) is 0 Å². The molecule has 0 aliphatic heterocycles. The van der Waals surface area contributed by atoms with E-state index in [0.29, 0.717) is 12.7 Å². The molecule has 0 spiro atoms. The van der Waals surface area contributed by atoms with E-state index in [2.05, 4.69) is 62.9 Å². The highest BCUT2D eigenvalue weighted by molar-refractivity contribution is 6.10. The summed E-state index contributed by atoms with van der Waals surface area (Å²) in [5, 5.41) is 3.58. The monoisotopic (exact) mass is 327 g/mol. The second-order valence-electron chi connectivity index (χ2n) is 6.44. The van der Waals surface area contributed by atoms with Crippen molar-refractivity contribution in [1.82, 2.24) is 5.32 Å². The third-order valence-corrected chi connectivity index (χ3v) is 4.16. The number of hydrogen-bond donors (Lipinski definition) is 1. The molecule has 1 N–H and O–H groups in total. The molecule has 3 heteroatoms. The van der Waals surface area contributed by atoms with Crippen molar-refractivity contribution < 1.29 is 0 Å². The van der Waals surface area contributed by atoms with Gasteiger partial charge in [-0.3, -0.25) is 15.3 Å². The Balaban J connectivity index is 2.99. The van der Waals surface area contributed by atoms with Gasteiger partial charge in [0.1, 0.15) is 0 Å². The van der Waals surface area contributed by atoms with Crippen LogP contribution in [0.25, 0.3) is 0 Å². The maximum Gasteiger partial charge on any atom is 0.0894 e. The summed E-state index contributed by atoms with van der Waals surface area (Å²) in [6.45, 7) is 14.9. The van der Waals surface area contributed by atoms with Gasteiger partial charge < -0.3 is 0 Å². The topological polar surface area (TPSA) is 36.8 Å². The highest BCUT2D eigenvalue weighted by Crippen LogP contribution is 2.14. The van der Waals surface area contributed by atoms with Gasteiger partial charge in [0.25, 0.3) is 0 Å². The number of hydrogen-bond acceptors (Lipinski definition) is 3. The molecule has 0 heterocycles. The van der Waals surface area contributed by atoms with E-state index in [0.717, 1.165) is 17.0 Å². The summed E-state index contributed by atoms with van der Waals surface area (Å²) in [6, 6.07) is 7.02. The highest BCUT2D eigenvalue weighted by Gasteiger charge is 2.07. The predicted molar refractivity (Wildman–Crippen MR) is 107 cm³/mol. The van der Waals surface area contributed by atoms with E-state index in [-0.39, 0.29) is 0 Å². The molecule has 3 nitrogen and oxygen atoms in total. The number of rotatable bonds is 10. The van der Waals surface area contributed by atoms with Gasteiger partial charge in [-0.2, -0.15) is 0 Å². The third-order valence-electron chi connectivity index (χ3n) is 4.16. The second kappa shape index (κ2) is 10.9. The van der Waals surface area contributed by atoms with Crippen LogP contribution in [0.15, 0.2) is 40.0 Å². The van der Waals surface area contributed by atoms with E-state index < -0.39 is 0 Å². The van der Waals surface area contributed by atoms with Crippen molar-refractivity contribution in [3.8, 4) is 0 Å². The minimum atomic E-state index is 0.548. The Hall–Kier alpha value is -1.74. The fourth-order valence-electron chi connectivity index (χ4n) is 2.86. The van der Waals surface area contributed by atoms with Crippen molar-refractivity contribution >= 4 is 12.4 Å². The Morgan fingerprint density at radius 1 is 1.21 bits per heavy atom. The van der Waals surface area contributed by atoms with Gasteiger partial charge in [0.2, 0.25) is 0 Å². The molecule has 0 bridgehead atoms. The Bertz CT molecular complexity index is 579. The number of benzene rings is 1. The van der Waals surface area contributed by atoms with E-state index in [4.69, 9.17) is 4.99 Å². The minimum absolute atomic E-state index is 0.548. The lowest BCUT2D eigenvalue weighted by atomic mass is 10.0. The predicted octanol–water partition coefficient (Wildman–Crippen LogP) is 5.21. The number of nitrogens with zero attached hydrogens (tertiary/aromatic N) is 2. The van der Waals surface area contributed by atoms with Crippen LogP contribution in [-0.2, 0) is 0 Å². The maximum absolute atomic E-state index is 4.82. The maximum atomic E-state index is 4.82. The van der Waals surface area contributed by atoms with Gasteiger partial charge >= 0.3 is 0 Å². The van der Waals surface area contributed by atoms with Gasteiger partial charge in [0.05, 0.1) is 12.4 Å². The summed E-state index contributed by atoms with van der Waals surface area (Å²) in [6.07, 6.45) is 6.81. The van der Waals surface area contributed by atoms with Crippen LogP contribution in [0.5, 0.6) is 0 Å². The fourth-order valence-corrected chi connectivity index (χ4v) is 2.86. The van der Waals surface area contributed by atoms with Crippen LogP contribution in [0.2, 0.25) is 0 Å². The van der Waals surface area contributed by atoms with Gasteiger partial charge in [-0.25, -0.2) is 0 Å². The van der Waals surface area contributed by atoms with Gasteiger partial charge in [-0.1, -0.05) is 50.5 Å². The molecule has 1 aromatic carbocycles. The molecule has 0 saturated carbocycles. The zero-order chi connectivity index (χ0) is 17.9. The fraction of sp³-hybridized carbons (Fsp3) is 0.524. The van der Waals surface area contributed by atoms with Crippen LogP contribution >= 0.6 is 0 Å². The smallest absolute Gasteiger partial charge is 0.0894 e. The Morgan fingerprint density at radius 2 is 1.88 bits per heavy atom. The first-order valence-corrected chi connectivity index (χ1v) is 9.02. The minimum Gasteiger partial charge on any atom is -0.296 e. The summed E-state index contributed by atoms with van der Waals surface area (Å²) in [7, 11) is 0. The SMILES string of the molecule is C=N/C(C)=C\C(=N/CNC(CCC)CCC)c1ccc(C)cc1C. The molecule has 0 aromatic heterocycles. The Labute approximate surface area is 148 Å². The molecule has 0 atom stereocenters. The Kier molecular flexibility index (Phi) is 9.24. The third kappa shape index (κ3) is 6.79. The lowest BCUT2D eigenvalue weighted by Crippen LogP contribution is -2.29. The largest absolute Gasteiger partial charge is 0.296 e. The van der Waals surface area contributed by atoms with Crippen LogP contribution in [0.4, 0.5) is 0 Å². The Morgan fingerprint density at radius 3 is 2.42 bits per heavy atom. The average Bonchev–Trinajstić information content (AvgIpc) is 2.54. The van der Waals surface area contributed by atoms with E-state index in [1.54, 1.807) is 0 Å². The van der Waals surface area contributed by atoms with E-state index in [1.807, 2.05) is 13.0 Å². The zero-order valence-electron chi connectivity index (χ0n) is 16.0. The van der Waals surface area contributed by atoms with Crippen molar-refractivity contribution in [3.63, 3.8) is 0 Å². The number of aryl methyl sites for hydroxylation is 2. The summed E-state index contributed by atoms with van der Waals surface area (Å²) in [5.41, 5.74) is 5.51. The van der Waals surface area contributed by atoms with Crippen molar-refractivity contribution in [1.29, 1.82) is 0 Å². The van der Waals surface area contributed by atoms with Crippen LogP contribution in [0.1, 0.15) is 63.1 Å². The lowest BCUT2D eigenvalue weighted by Gasteiger charge is -2.16. The summed E-state index contributed by atoms with van der Waals surface area (Å²) < 4.78 is 0. The first-order valence-electron chi connectivity index (χ1n) is 9.02. The standard InChI is InChI=1S/C21H33N3/c1-7-9-19(10-8-2)23-15-24-21(14-18(5)22-6)20-12-11-16(3)13-17(20)4/h11-14,19,23H,6-10,15H2,1-5H3/b18-14-,24-21+. The molecule has 0 aliphatic carbocycles. The highest BCUT2D eigenvalue weighted by atomic mass is 15.0. The molecule has 0 fully saturated rings. The normalized spacial score (nSPS) is 12.8. The molecule has 0 unspecified atom stereocenters. The van der Waals surface area contributed by atoms with Gasteiger partial charge in [-0.15, -0.1) is 0 Å². The van der Waals surface area contributed by atoms with Gasteiger partial charge in [-0.05, 0) is 52.0 Å². The molecule has 0 aliphatic rings. The molecule has 0 amide bonds. The average molecular weight is 328 g/mol. The molecule has 1 aromatic rings.